The van der Waals surface area contributed by atoms with Crippen LogP contribution in [0.25, 0.3) is 22.2 Å². The van der Waals surface area contributed by atoms with Crippen LogP contribution < -0.4 is 10.1 Å². The summed E-state index contributed by atoms with van der Waals surface area (Å²) in [7, 11) is 0. The first-order valence-electron chi connectivity index (χ1n) is 9.67. The second-order valence-corrected chi connectivity index (χ2v) is 6.73. The Balaban J connectivity index is 1.85. The second kappa shape index (κ2) is 8.15. The van der Waals surface area contributed by atoms with Gasteiger partial charge in [0.1, 0.15) is 5.75 Å². The summed E-state index contributed by atoms with van der Waals surface area (Å²) in [5, 5.41) is 3.86. The van der Waals surface area contributed by atoms with Crippen LogP contribution in [-0.4, -0.2) is 17.5 Å². The highest BCUT2D eigenvalue weighted by atomic mass is 16.5. The number of carbonyl (C=O) groups is 1. The van der Waals surface area contributed by atoms with Crippen LogP contribution >= 0.6 is 0 Å². The van der Waals surface area contributed by atoms with Gasteiger partial charge in [-0.05, 0) is 37.6 Å². The van der Waals surface area contributed by atoms with Crippen molar-refractivity contribution in [2.75, 3.05) is 11.9 Å². The lowest BCUT2D eigenvalue weighted by atomic mass is 9.97. The van der Waals surface area contributed by atoms with Crippen LogP contribution in [0.15, 0.2) is 78.9 Å². The summed E-state index contributed by atoms with van der Waals surface area (Å²) in [6.45, 7) is 4.40. The molecule has 4 aromatic rings. The molecule has 1 amide bonds. The first-order chi connectivity index (χ1) is 14.2. The van der Waals surface area contributed by atoms with E-state index in [0.717, 1.165) is 27.7 Å². The number of aromatic nitrogens is 1. The summed E-state index contributed by atoms with van der Waals surface area (Å²) in [4.78, 5) is 18.2. The van der Waals surface area contributed by atoms with E-state index < -0.39 is 0 Å². The third kappa shape index (κ3) is 3.69. The number of benzene rings is 3. The van der Waals surface area contributed by atoms with Gasteiger partial charge in [-0.1, -0.05) is 60.7 Å². The third-order valence-corrected chi connectivity index (χ3v) is 4.85. The predicted octanol–water partition coefficient (Wildman–Crippen LogP) is 5.86. The van der Waals surface area contributed by atoms with Gasteiger partial charge in [0.05, 0.1) is 29.1 Å². The van der Waals surface area contributed by atoms with E-state index in [4.69, 9.17) is 9.72 Å². The smallest absolute Gasteiger partial charge is 0.256 e. The van der Waals surface area contributed by atoms with E-state index in [0.29, 0.717) is 23.6 Å². The zero-order valence-corrected chi connectivity index (χ0v) is 16.5. The molecule has 0 spiro atoms. The molecule has 4 rings (SSSR count). The van der Waals surface area contributed by atoms with Crippen LogP contribution in [-0.2, 0) is 0 Å². The van der Waals surface area contributed by atoms with Gasteiger partial charge < -0.3 is 10.1 Å². The molecule has 1 aromatic heterocycles. The molecule has 0 saturated carbocycles. The zero-order chi connectivity index (χ0) is 20.2. The first kappa shape index (κ1) is 18.7. The molecule has 1 heterocycles. The lowest BCUT2D eigenvalue weighted by Crippen LogP contribution is -2.16. The minimum absolute atomic E-state index is 0.176. The number of para-hydroxylation sites is 3. The third-order valence-electron chi connectivity index (χ3n) is 4.85. The topological polar surface area (TPSA) is 51.2 Å². The van der Waals surface area contributed by atoms with E-state index in [2.05, 4.69) is 5.32 Å². The van der Waals surface area contributed by atoms with Crippen molar-refractivity contribution in [3.8, 4) is 17.0 Å². The molecule has 0 aliphatic heterocycles. The number of carbonyl (C=O) groups excluding carboxylic acids is 1. The highest BCUT2D eigenvalue weighted by Crippen LogP contribution is 2.31. The molecule has 0 bridgehead atoms. The number of rotatable bonds is 5. The Kier molecular flexibility index (Phi) is 5.25. The molecule has 1 N–H and O–H groups in total. The van der Waals surface area contributed by atoms with Crippen molar-refractivity contribution >= 4 is 22.5 Å². The molecular formula is C25H22N2O2. The van der Waals surface area contributed by atoms with Gasteiger partial charge in [0.25, 0.3) is 5.91 Å². The highest BCUT2D eigenvalue weighted by molar-refractivity contribution is 6.14. The lowest BCUT2D eigenvalue weighted by molar-refractivity contribution is 0.102. The van der Waals surface area contributed by atoms with Crippen molar-refractivity contribution < 1.29 is 9.53 Å². The Morgan fingerprint density at radius 3 is 2.41 bits per heavy atom. The van der Waals surface area contributed by atoms with Crippen molar-refractivity contribution in [3.63, 3.8) is 0 Å². The largest absolute Gasteiger partial charge is 0.492 e. The average Bonchev–Trinajstić information content (AvgIpc) is 2.75. The summed E-state index contributed by atoms with van der Waals surface area (Å²) in [5.41, 5.74) is 4.72. The van der Waals surface area contributed by atoms with Gasteiger partial charge in [0.15, 0.2) is 0 Å². The SMILES string of the molecule is CCOc1ccccc1NC(=O)c1c(C)c(-c2ccccc2)nc2ccccc12. The van der Waals surface area contributed by atoms with Gasteiger partial charge in [-0.2, -0.15) is 0 Å². The number of nitrogens with one attached hydrogen (secondary N) is 1. The predicted molar refractivity (Wildman–Crippen MR) is 117 cm³/mol. The number of pyridine rings is 1. The molecule has 4 heteroatoms. The molecule has 144 valence electrons. The van der Waals surface area contributed by atoms with Crippen molar-refractivity contribution in [3.05, 3.63) is 90.0 Å². The Morgan fingerprint density at radius 2 is 1.62 bits per heavy atom. The second-order valence-electron chi connectivity index (χ2n) is 6.73. The van der Waals surface area contributed by atoms with E-state index in [1.54, 1.807) is 0 Å². The standard InChI is InChI=1S/C25H22N2O2/c1-3-29-22-16-10-9-15-21(22)27-25(28)23-17(2)24(18-11-5-4-6-12-18)26-20-14-8-7-13-19(20)23/h4-16H,3H2,1-2H3,(H,27,28). The molecule has 0 radical (unpaired) electrons. The molecule has 0 unspecified atom stereocenters. The molecule has 4 nitrogen and oxygen atoms in total. The maximum Gasteiger partial charge on any atom is 0.256 e. The van der Waals surface area contributed by atoms with Gasteiger partial charge in [-0.25, -0.2) is 4.98 Å². The van der Waals surface area contributed by atoms with Crippen molar-refractivity contribution in [1.29, 1.82) is 0 Å². The lowest BCUT2D eigenvalue weighted by Gasteiger charge is -2.16. The number of fused-ring (bicyclic) bond motifs is 1. The molecule has 0 aliphatic rings. The van der Waals surface area contributed by atoms with E-state index in [1.165, 1.54) is 0 Å². The van der Waals surface area contributed by atoms with Crippen LogP contribution in [0.3, 0.4) is 0 Å². The fourth-order valence-corrected chi connectivity index (χ4v) is 3.51. The molecule has 0 saturated heterocycles. The minimum atomic E-state index is -0.176. The number of anilines is 1. The molecule has 0 fully saturated rings. The Bertz CT molecular complexity index is 1170. The fourth-order valence-electron chi connectivity index (χ4n) is 3.51. The quantitative estimate of drug-likeness (QED) is 0.470. The van der Waals surface area contributed by atoms with Crippen LogP contribution in [0.2, 0.25) is 0 Å². The minimum Gasteiger partial charge on any atom is -0.492 e. The van der Waals surface area contributed by atoms with Crippen LogP contribution in [0.1, 0.15) is 22.8 Å². The molecule has 0 aliphatic carbocycles. The van der Waals surface area contributed by atoms with Crippen molar-refractivity contribution in [2.45, 2.75) is 13.8 Å². The average molecular weight is 382 g/mol. The van der Waals surface area contributed by atoms with Crippen LogP contribution in [0, 0.1) is 6.92 Å². The van der Waals surface area contributed by atoms with Crippen LogP contribution in [0.5, 0.6) is 5.75 Å². The molecule has 29 heavy (non-hydrogen) atoms. The number of hydrogen-bond donors (Lipinski definition) is 1. The van der Waals surface area contributed by atoms with Gasteiger partial charge in [-0.3, -0.25) is 4.79 Å². The van der Waals surface area contributed by atoms with Crippen LogP contribution in [0.4, 0.5) is 5.69 Å². The number of nitrogens with zero attached hydrogens (tertiary/aromatic N) is 1. The van der Waals surface area contributed by atoms with Gasteiger partial charge in [-0.15, -0.1) is 0 Å². The summed E-state index contributed by atoms with van der Waals surface area (Å²) >= 11 is 0. The number of amides is 1. The maximum absolute atomic E-state index is 13.4. The summed E-state index contributed by atoms with van der Waals surface area (Å²) in [6.07, 6.45) is 0. The zero-order valence-electron chi connectivity index (χ0n) is 16.5. The van der Waals surface area contributed by atoms with Crippen molar-refractivity contribution in [1.82, 2.24) is 4.98 Å². The normalized spacial score (nSPS) is 10.7. The van der Waals surface area contributed by atoms with Gasteiger partial charge >= 0.3 is 0 Å². The first-order valence-corrected chi connectivity index (χ1v) is 9.67. The van der Waals surface area contributed by atoms with Crippen molar-refractivity contribution in [2.24, 2.45) is 0 Å². The molecular weight excluding hydrogens is 360 g/mol. The van der Waals surface area contributed by atoms with Gasteiger partial charge in [0.2, 0.25) is 0 Å². The molecule has 3 aromatic carbocycles. The number of ether oxygens (including phenoxy) is 1. The van der Waals surface area contributed by atoms with Gasteiger partial charge in [0, 0.05) is 10.9 Å². The van der Waals surface area contributed by atoms with E-state index in [1.807, 2.05) is 92.7 Å². The Morgan fingerprint density at radius 1 is 0.931 bits per heavy atom. The maximum atomic E-state index is 13.4. The summed E-state index contributed by atoms with van der Waals surface area (Å²) in [5.74, 6) is 0.480. The monoisotopic (exact) mass is 382 g/mol. The Labute approximate surface area is 170 Å². The summed E-state index contributed by atoms with van der Waals surface area (Å²) in [6, 6.07) is 25.2. The van der Waals surface area contributed by atoms with E-state index in [-0.39, 0.29) is 5.91 Å². The summed E-state index contributed by atoms with van der Waals surface area (Å²) < 4.78 is 5.66. The van der Waals surface area contributed by atoms with E-state index >= 15 is 0 Å². The highest BCUT2D eigenvalue weighted by Gasteiger charge is 2.19. The Hall–Kier alpha value is -3.66. The fraction of sp³-hybridized carbons (Fsp3) is 0.120. The molecule has 0 atom stereocenters. The number of hydrogen-bond acceptors (Lipinski definition) is 3. The van der Waals surface area contributed by atoms with E-state index in [9.17, 15) is 4.79 Å².